The van der Waals surface area contributed by atoms with Crippen LogP contribution in [-0.4, -0.2) is 17.9 Å². The van der Waals surface area contributed by atoms with Gasteiger partial charge in [-0.1, -0.05) is 271 Å². The van der Waals surface area contributed by atoms with Crippen molar-refractivity contribution in [3.63, 3.8) is 0 Å². The van der Waals surface area contributed by atoms with E-state index in [-0.39, 0.29) is 54.9 Å². The van der Waals surface area contributed by atoms with Gasteiger partial charge < -0.3 is 29.7 Å². The van der Waals surface area contributed by atoms with Crippen LogP contribution < -0.4 is 15.3 Å². The first-order chi connectivity index (χ1) is 27.8. The van der Waals surface area contributed by atoms with Crippen LogP contribution in [0.2, 0.25) is 0 Å². The summed E-state index contributed by atoms with van der Waals surface area (Å²) in [5, 5.41) is 30.6. The topological polar surface area (TPSA) is 120 Å². The van der Waals surface area contributed by atoms with Crippen LogP contribution in [-0.2, 0) is 14.4 Å². The van der Waals surface area contributed by atoms with Gasteiger partial charge in [0.25, 0.3) is 0 Å². The summed E-state index contributed by atoms with van der Waals surface area (Å²) < 4.78 is 0. The maximum atomic E-state index is 10.2. The molecule has 0 aromatic rings. The Bertz CT molecular complexity index is 676. The van der Waals surface area contributed by atoms with Crippen molar-refractivity contribution in [1.82, 2.24) is 0 Å². The fourth-order valence-corrected chi connectivity index (χ4v) is 7.39. The molecule has 342 valence electrons. The molecule has 0 rings (SSSR count). The van der Waals surface area contributed by atoms with Gasteiger partial charge in [-0.3, -0.25) is 0 Å². The molecule has 0 spiro atoms. The third-order valence-corrected chi connectivity index (χ3v) is 11.2. The molecule has 0 aliphatic heterocycles. The number of aliphatic carboxylic acids is 3. The van der Waals surface area contributed by atoms with E-state index in [9.17, 15) is 29.7 Å². The summed E-state index contributed by atoms with van der Waals surface area (Å²) in [6.45, 7) is 6.79. The Morgan fingerprint density at radius 2 is 0.328 bits per heavy atom. The van der Waals surface area contributed by atoms with E-state index in [0.717, 1.165) is 38.5 Å². The van der Waals surface area contributed by atoms with Crippen LogP contribution in [0.5, 0.6) is 0 Å². The molecular formula is C51H99LaO6. The van der Waals surface area contributed by atoms with Gasteiger partial charge in [-0.25, -0.2) is 0 Å². The summed E-state index contributed by atoms with van der Waals surface area (Å²) >= 11 is 0. The largest absolute Gasteiger partial charge is 3.00 e. The molecule has 0 heterocycles. The second kappa shape index (κ2) is 60.9. The molecule has 0 unspecified atom stereocenters. The van der Waals surface area contributed by atoms with Crippen LogP contribution in [0.4, 0.5) is 0 Å². The number of unbranched alkanes of at least 4 members (excludes halogenated alkanes) is 39. The van der Waals surface area contributed by atoms with E-state index >= 15 is 0 Å². The van der Waals surface area contributed by atoms with Crippen molar-refractivity contribution in [1.29, 1.82) is 0 Å². The number of carbonyl (C=O) groups excluding carboxylic acids is 3. The van der Waals surface area contributed by atoms with E-state index in [4.69, 9.17) is 0 Å². The summed E-state index contributed by atoms with van der Waals surface area (Å²) in [4.78, 5) is 30.6. The number of carboxylic acid groups (broad SMARTS) is 3. The molecule has 0 aliphatic carbocycles. The van der Waals surface area contributed by atoms with Crippen molar-refractivity contribution in [2.45, 2.75) is 310 Å². The van der Waals surface area contributed by atoms with Gasteiger partial charge in [0.05, 0.1) is 0 Å². The number of carboxylic acids is 3. The summed E-state index contributed by atoms with van der Waals surface area (Å²) in [7, 11) is 0. The number of carbonyl (C=O) groups is 3. The van der Waals surface area contributed by atoms with E-state index in [1.165, 1.54) is 231 Å². The summed E-state index contributed by atoms with van der Waals surface area (Å²) in [5.41, 5.74) is 0. The van der Waals surface area contributed by atoms with E-state index in [1.807, 2.05) is 0 Å². The van der Waals surface area contributed by atoms with Gasteiger partial charge in [-0.2, -0.15) is 0 Å². The first-order valence-corrected chi connectivity index (χ1v) is 25.4. The Labute approximate surface area is 390 Å². The molecule has 58 heavy (non-hydrogen) atoms. The van der Waals surface area contributed by atoms with Crippen LogP contribution in [0.1, 0.15) is 310 Å². The van der Waals surface area contributed by atoms with E-state index in [0.29, 0.717) is 0 Å². The standard InChI is InChI=1S/3C17H34O2.La/c3*1-2-3-4-5-6-7-8-9-10-11-12-13-14-15-16-17(18)19;/h3*2-16H2,1H3,(H,18,19);/q;;;+3/p-3. The second-order valence-electron chi connectivity index (χ2n) is 17.2. The zero-order valence-corrected chi connectivity index (χ0v) is 43.0. The predicted octanol–water partition coefficient (Wildman–Crippen LogP) is 13.8. The van der Waals surface area contributed by atoms with Crippen molar-refractivity contribution in [3.8, 4) is 0 Å². The number of hydrogen-bond acceptors (Lipinski definition) is 6. The van der Waals surface area contributed by atoms with Gasteiger partial charge >= 0.3 is 35.6 Å². The van der Waals surface area contributed by atoms with Crippen LogP contribution in [0, 0.1) is 35.6 Å². The predicted molar refractivity (Wildman–Crippen MR) is 240 cm³/mol. The van der Waals surface area contributed by atoms with Gasteiger partial charge in [0.2, 0.25) is 0 Å². The van der Waals surface area contributed by atoms with Gasteiger partial charge in [0, 0.05) is 17.9 Å². The monoisotopic (exact) mass is 947 g/mol. The van der Waals surface area contributed by atoms with Crippen LogP contribution in [0.15, 0.2) is 0 Å². The average molecular weight is 947 g/mol. The molecule has 0 bridgehead atoms. The second-order valence-corrected chi connectivity index (χ2v) is 17.2. The van der Waals surface area contributed by atoms with Crippen LogP contribution in [0.25, 0.3) is 0 Å². The molecule has 0 aromatic carbocycles. The Kier molecular flexibility index (Phi) is 67.5. The Morgan fingerprint density at radius 1 is 0.224 bits per heavy atom. The van der Waals surface area contributed by atoms with Crippen molar-refractivity contribution in [2.24, 2.45) is 0 Å². The molecule has 0 saturated heterocycles. The summed E-state index contributed by atoms with van der Waals surface area (Å²) in [5.74, 6) is -2.71. The van der Waals surface area contributed by atoms with Crippen molar-refractivity contribution < 1.29 is 65.3 Å². The molecule has 0 atom stereocenters. The zero-order valence-electron chi connectivity index (χ0n) is 39.3. The fraction of sp³-hybridized carbons (Fsp3) is 0.941. The molecule has 6 nitrogen and oxygen atoms in total. The SMILES string of the molecule is CCCCCCCCCCCCCCCCC(=O)[O-].CCCCCCCCCCCCCCCCC(=O)[O-].CCCCCCCCCCCCCCCCC(=O)[O-].[La+3]. The van der Waals surface area contributed by atoms with Crippen LogP contribution >= 0.6 is 0 Å². The Balaban J connectivity index is -0.000000374. The Morgan fingerprint density at radius 3 is 0.431 bits per heavy atom. The number of rotatable bonds is 45. The van der Waals surface area contributed by atoms with Crippen molar-refractivity contribution in [2.75, 3.05) is 0 Å². The van der Waals surface area contributed by atoms with Gasteiger partial charge in [-0.05, 0) is 38.5 Å². The maximum absolute atomic E-state index is 10.2. The van der Waals surface area contributed by atoms with E-state index in [1.54, 1.807) is 0 Å². The molecule has 0 N–H and O–H groups in total. The molecule has 0 amide bonds. The Hall–Kier alpha value is -0.395. The third-order valence-electron chi connectivity index (χ3n) is 11.2. The van der Waals surface area contributed by atoms with E-state index in [2.05, 4.69) is 20.8 Å². The first kappa shape index (κ1) is 64.2. The molecule has 0 saturated carbocycles. The van der Waals surface area contributed by atoms with Gasteiger partial charge in [0.1, 0.15) is 0 Å². The minimum Gasteiger partial charge on any atom is -0.550 e. The first-order valence-electron chi connectivity index (χ1n) is 25.4. The summed E-state index contributed by atoms with van der Waals surface area (Å²) in [6, 6.07) is 0. The fourth-order valence-electron chi connectivity index (χ4n) is 7.39. The van der Waals surface area contributed by atoms with Crippen molar-refractivity contribution in [3.05, 3.63) is 0 Å². The molecule has 0 aliphatic rings. The maximum Gasteiger partial charge on any atom is 3.00 e. The van der Waals surface area contributed by atoms with Crippen molar-refractivity contribution >= 4 is 17.9 Å². The van der Waals surface area contributed by atoms with Gasteiger partial charge in [-0.15, -0.1) is 0 Å². The molecule has 0 aromatic heterocycles. The third kappa shape index (κ3) is 73.2. The smallest absolute Gasteiger partial charge is 0.550 e. The van der Waals surface area contributed by atoms with Crippen LogP contribution in [0.3, 0.4) is 0 Å². The molecular weight excluding hydrogens is 847 g/mol. The molecule has 7 heteroatoms. The zero-order chi connectivity index (χ0) is 42.6. The average Bonchev–Trinajstić information content (AvgIpc) is 3.18. The molecule has 0 fully saturated rings. The quantitative estimate of drug-likeness (QED) is 0.0561. The minimum atomic E-state index is -0.904. The molecule has 0 radical (unpaired) electrons. The summed E-state index contributed by atoms with van der Waals surface area (Å²) in [6.07, 6.45) is 55.2. The number of hydrogen-bond donors (Lipinski definition) is 0. The van der Waals surface area contributed by atoms with E-state index < -0.39 is 17.9 Å². The normalized spacial score (nSPS) is 10.6. The van der Waals surface area contributed by atoms with Gasteiger partial charge in [0.15, 0.2) is 0 Å². The minimum absolute atomic E-state index is 0.